The van der Waals surface area contributed by atoms with E-state index in [4.69, 9.17) is 18.9 Å². The predicted octanol–water partition coefficient (Wildman–Crippen LogP) is 6.21. The van der Waals surface area contributed by atoms with Crippen LogP contribution in [0, 0.1) is 0 Å². The van der Waals surface area contributed by atoms with Gasteiger partial charge in [-0.2, -0.15) is 0 Å². The SMILES string of the molecule is COC(=O)Cc1ccc(C(C)N2CCC(CCCOCc3ccc(OC)cc3)(c3ccccc3)OC2=O)cc1. The second-order valence-electron chi connectivity index (χ2n) is 9.85. The molecule has 7 heteroatoms. The minimum Gasteiger partial charge on any atom is -0.497 e. The van der Waals surface area contributed by atoms with Crippen LogP contribution in [0.5, 0.6) is 5.75 Å². The molecular weight excluding hydrogens is 494 g/mol. The first kappa shape index (κ1) is 28.2. The van der Waals surface area contributed by atoms with E-state index in [0.29, 0.717) is 32.6 Å². The molecular formula is C32H37NO6. The van der Waals surface area contributed by atoms with Gasteiger partial charge in [-0.05, 0) is 54.2 Å². The van der Waals surface area contributed by atoms with Crippen LogP contribution in [0.15, 0.2) is 78.9 Å². The van der Waals surface area contributed by atoms with Crippen LogP contribution in [0.4, 0.5) is 4.79 Å². The zero-order chi connectivity index (χ0) is 27.7. The molecule has 1 heterocycles. The Kier molecular flexibility index (Phi) is 9.60. The molecule has 206 valence electrons. The lowest BCUT2D eigenvalue weighted by Gasteiger charge is -2.43. The molecule has 0 aliphatic carbocycles. The summed E-state index contributed by atoms with van der Waals surface area (Å²) in [5.41, 5.74) is 3.26. The van der Waals surface area contributed by atoms with Gasteiger partial charge in [0.25, 0.3) is 0 Å². The van der Waals surface area contributed by atoms with Crippen molar-refractivity contribution >= 4 is 12.1 Å². The molecule has 2 unspecified atom stereocenters. The number of carbonyl (C=O) groups is 2. The van der Waals surface area contributed by atoms with Crippen LogP contribution in [0.2, 0.25) is 0 Å². The summed E-state index contributed by atoms with van der Waals surface area (Å²) in [6.07, 6.45) is 2.02. The fourth-order valence-corrected chi connectivity index (χ4v) is 4.99. The summed E-state index contributed by atoms with van der Waals surface area (Å²) in [6, 6.07) is 25.4. The first-order valence-electron chi connectivity index (χ1n) is 13.4. The molecule has 0 bridgehead atoms. The predicted molar refractivity (Wildman–Crippen MR) is 148 cm³/mol. The summed E-state index contributed by atoms with van der Waals surface area (Å²) < 4.78 is 22.1. The fraction of sp³-hybridized carbons (Fsp3) is 0.375. The molecule has 3 aromatic carbocycles. The van der Waals surface area contributed by atoms with Crippen molar-refractivity contribution in [2.45, 2.75) is 50.9 Å². The Morgan fingerprint density at radius 3 is 2.31 bits per heavy atom. The second-order valence-corrected chi connectivity index (χ2v) is 9.85. The van der Waals surface area contributed by atoms with Gasteiger partial charge in [0.15, 0.2) is 0 Å². The summed E-state index contributed by atoms with van der Waals surface area (Å²) >= 11 is 0. The number of esters is 1. The van der Waals surface area contributed by atoms with Gasteiger partial charge in [0, 0.05) is 19.6 Å². The molecule has 7 nitrogen and oxygen atoms in total. The monoisotopic (exact) mass is 531 g/mol. The van der Waals surface area contributed by atoms with Gasteiger partial charge < -0.3 is 23.8 Å². The van der Waals surface area contributed by atoms with Crippen molar-refractivity contribution in [1.82, 2.24) is 4.90 Å². The number of ether oxygens (including phenoxy) is 4. The number of benzene rings is 3. The van der Waals surface area contributed by atoms with Gasteiger partial charge in [-0.1, -0.05) is 66.7 Å². The third-order valence-electron chi connectivity index (χ3n) is 7.38. The Bertz CT molecular complexity index is 1210. The number of rotatable bonds is 12. The number of cyclic esters (lactones) is 1. The molecule has 0 aromatic heterocycles. The van der Waals surface area contributed by atoms with Crippen molar-refractivity contribution in [3.8, 4) is 5.75 Å². The zero-order valence-electron chi connectivity index (χ0n) is 22.9. The largest absolute Gasteiger partial charge is 0.497 e. The topological polar surface area (TPSA) is 74.3 Å². The van der Waals surface area contributed by atoms with Crippen LogP contribution in [-0.4, -0.2) is 44.3 Å². The highest BCUT2D eigenvalue weighted by Crippen LogP contribution is 2.40. The number of methoxy groups -OCH3 is 2. The number of carbonyl (C=O) groups excluding carboxylic acids is 2. The van der Waals surface area contributed by atoms with Gasteiger partial charge in [0.2, 0.25) is 0 Å². The molecule has 0 spiro atoms. The van der Waals surface area contributed by atoms with Gasteiger partial charge >= 0.3 is 12.1 Å². The maximum Gasteiger partial charge on any atom is 0.411 e. The highest BCUT2D eigenvalue weighted by molar-refractivity contribution is 5.72. The molecule has 1 fully saturated rings. The van der Waals surface area contributed by atoms with E-state index in [9.17, 15) is 9.59 Å². The van der Waals surface area contributed by atoms with Gasteiger partial charge in [-0.15, -0.1) is 0 Å². The summed E-state index contributed by atoms with van der Waals surface area (Å²) in [5.74, 6) is 0.542. The first-order valence-corrected chi connectivity index (χ1v) is 13.4. The van der Waals surface area contributed by atoms with Crippen LogP contribution in [0.25, 0.3) is 0 Å². The molecule has 0 saturated carbocycles. The smallest absolute Gasteiger partial charge is 0.411 e. The molecule has 1 amide bonds. The lowest BCUT2D eigenvalue weighted by Crippen LogP contribution is -2.48. The van der Waals surface area contributed by atoms with Crippen LogP contribution < -0.4 is 4.74 Å². The second kappa shape index (κ2) is 13.3. The van der Waals surface area contributed by atoms with Crippen molar-refractivity contribution in [2.24, 2.45) is 0 Å². The number of nitrogens with zero attached hydrogens (tertiary/aromatic N) is 1. The minimum atomic E-state index is -0.692. The molecule has 2 atom stereocenters. The number of hydrogen-bond donors (Lipinski definition) is 0. The highest BCUT2D eigenvalue weighted by atomic mass is 16.6. The average molecular weight is 532 g/mol. The quantitative estimate of drug-likeness (QED) is 0.204. The summed E-state index contributed by atoms with van der Waals surface area (Å²) in [4.78, 5) is 26.7. The lowest BCUT2D eigenvalue weighted by atomic mass is 9.84. The molecule has 4 rings (SSSR count). The molecule has 1 aliphatic heterocycles. The van der Waals surface area contributed by atoms with E-state index in [-0.39, 0.29) is 24.5 Å². The third kappa shape index (κ3) is 7.18. The highest BCUT2D eigenvalue weighted by Gasteiger charge is 2.43. The molecule has 3 aromatic rings. The Balaban J connectivity index is 1.37. The van der Waals surface area contributed by atoms with Crippen LogP contribution in [0.3, 0.4) is 0 Å². The Morgan fingerprint density at radius 1 is 0.974 bits per heavy atom. The fourth-order valence-electron chi connectivity index (χ4n) is 4.99. The minimum absolute atomic E-state index is 0.161. The first-order chi connectivity index (χ1) is 18.9. The van der Waals surface area contributed by atoms with Crippen molar-refractivity contribution in [3.63, 3.8) is 0 Å². The van der Waals surface area contributed by atoms with E-state index < -0.39 is 5.60 Å². The van der Waals surface area contributed by atoms with Crippen LogP contribution >= 0.6 is 0 Å². The van der Waals surface area contributed by atoms with Crippen molar-refractivity contribution < 1.29 is 28.5 Å². The maximum absolute atomic E-state index is 13.4. The average Bonchev–Trinajstić information content (AvgIpc) is 2.98. The van der Waals surface area contributed by atoms with E-state index >= 15 is 0 Å². The van der Waals surface area contributed by atoms with Crippen molar-refractivity contribution in [1.29, 1.82) is 0 Å². The molecule has 1 aliphatic rings. The Hall–Kier alpha value is -3.84. The lowest BCUT2D eigenvalue weighted by molar-refractivity contribution is -0.139. The van der Waals surface area contributed by atoms with E-state index in [1.165, 1.54) is 7.11 Å². The van der Waals surface area contributed by atoms with Crippen molar-refractivity contribution in [3.05, 3.63) is 101 Å². The van der Waals surface area contributed by atoms with Crippen LogP contribution in [-0.2, 0) is 37.6 Å². The van der Waals surface area contributed by atoms with E-state index in [1.54, 1.807) is 12.0 Å². The van der Waals surface area contributed by atoms with Crippen LogP contribution in [0.1, 0.15) is 54.5 Å². The molecule has 0 radical (unpaired) electrons. The summed E-state index contributed by atoms with van der Waals surface area (Å²) in [7, 11) is 3.03. The zero-order valence-corrected chi connectivity index (χ0v) is 22.9. The third-order valence-corrected chi connectivity index (χ3v) is 7.38. The standard InChI is InChI=1S/C32H37NO6/c1-24(27-14-10-25(11-15-27)22-30(34)37-3)33-20-19-32(39-31(33)35,28-8-5-4-6-9-28)18-7-21-38-23-26-12-16-29(36-2)17-13-26/h4-6,8-17,24H,7,18-23H2,1-3H3. The normalized spacial score (nSPS) is 17.8. The Labute approximate surface area is 230 Å². The van der Waals surface area contributed by atoms with Gasteiger partial charge in [-0.3, -0.25) is 4.79 Å². The van der Waals surface area contributed by atoms with Gasteiger partial charge in [-0.25, -0.2) is 4.79 Å². The maximum atomic E-state index is 13.4. The molecule has 39 heavy (non-hydrogen) atoms. The molecule has 1 saturated heterocycles. The van der Waals surface area contributed by atoms with E-state index in [1.807, 2.05) is 85.8 Å². The van der Waals surface area contributed by atoms with E-state index in [2.05, 4.69) is 0 Å². The molecule has 0 N–H and O–H groups in total. The number of hydrogen-bond acceptors (Lipinski definition) is 6. The van der Waals surface area contributed by atoms with Gasteiger partial charge in [0.1, 0.15) is 11.4 Å². The summed E-state index contributed by atoms with van der Waals surface area (Å²) in [5, 5.41) is 0. The Morgan fingerprint density at radius 2 is 1.67 bits per heavy atom. The summed E-state index contributed by atoms with van der Waals surface area (Å²) in [6.45, 7) is 3.66. The van der Waals surface area contributed by atoms with Gasteiger partial charge in [0.05, 0.1) is 33.3 Å². The number of amides is 1. The van der Waals surface area contributed by atoms with E-state index in [0.717, 1.165) is 34.4 Å². The van der Waals surface area contributed by atoms with Crippen molar-refractivity contribution in [2.75, 3.05) is 27.4 Å².